The van der Waals surface area contributed by atoms with E-state index in [9.17, 15) is 0 Å². The number of rotatable bonds is 2. The predicted molar refractivity (Wildman–Crippen MR) is 114 cm³/mol. The monoisotopic (exact) mass is 518 g/mol. The number of H-pyrrole nitrogens is 4. The zero-order valence-corrected chi connectivity index (χ0v) is 18.1. The molecule has 4 heterocycles. The van der Waals surface area contributed by atoms with Gasteiger partial charge in [0.15, 0.2) is 0 Å². The lowest BCUT2D eigenvalue weighted by molar-refractivity contribution is 1.61. The van der Waals surface area contributed by atoms with Gasteiger partial charge in [0.1, 0.15) is 0 Å². The lowest BCUT2D eigenvalue weighted by atomic mass is 10.0. The van der Waals surface area contributed by atoms with Crippen LogP contribution in [0.15, 0.2) is 31.8 Å². The number of aromatic amines is 4. The van der Waals surface area contributed by atoms with Crippen molar-refractivity contribution in [2.75, 3.05) is 0 Å². The van der Waals surface area contributed by atoms with Crippen LogP contribution < -0.4 is 0 Å². The van der Waals surface area contributed by atoms with Gasteiger partial charge in [-0.05, 0) is 56.1 Å². The number of fused-ring (bicyclic) bond motifs is 2. The standard InChI is InChI=1S/C14H8Br2N4S4/c15-7-3-1-5(21-7)9-11-13(19-23-17-11)10(6-2-4-8(16)22-6)14-12(9)18-24-20-14/h1-4,17-20H. The normalized spacial score (nSPS) is 11.8. The van der Waals surface area contributed by atoms with Crippen molar-refractivity contribution in [3.05, 3.63) is 31.8 Å². The highest BCUT2D eigenvalue weighted by Gasteiger charge is 2.21. The van der Waals surface area contributed by atoms with Crippen molar-refractivity contribution in [1.29, 1.82) is 0 Å². The molecule has 0 radical (unpaired) electrons. The van der Waals surface area contributed by atoms with Gasteiger partial charge >= 0.3 is 0 Å². The van der Waals surface area contributed by atoms with Crippen LogP contribution in [-0.4, -0.2) is 17.5 Å². The number of halogens is 2. The van der Waals surface area contributed by atoms with E-state index in [0.717, 1.165) is 29.6 Å². The number of nitrogens with one attached hydrogen (secondary N) is 4. The van der Waals surface area contributed by atoms with Gasteiger partial charge in [-0.3, -0.25) is 17.5 Å². The van der Waals surface area contributed by atoms with E-state index in [1.165, 1.54) is 44.3 Å². The van der Waals surface area contributed by atoms with Gasteiger partial charge in [-0.2, -0.15) is 0 Å². The molecule has 0 saturated carbocycles. The predicted octanol–water partition coefficient (Wildman–Crippen LogP) is 7.53. The Morgan fingerprint density at radius 1 is 0.583 bits per heavy atom. The summed E-state index contributed by atoms with van der Waals surface area (Å²) in [6.07, 6.45) is 0. The highest BCUT2D eigenvalue weighted by Crippen LogP contribution is 2.45. The minimum absolute atomic E-state index is 1.13. The van der Waals surface area contributed by atoms with E-state index in [0.29, 0.717) is 0 Å². The van der Waals surface area contributed by atoms with Crippen molar-refractivity contribution in [3.8, 4) is 20.9 Å². The molecule has 0 fully saturated rings. The fraction of sp³-hybridized carbons (Fsp3) is 0. The van der Waals surface area contributed by atoms with Crippen molar-refractivity contribution < 1.29 is 0 Å². The van der Waals surface area contributed by atoms with Gasteiger partial charge in [-0.15, -0.1) is 22.7 Å². The first-order valence-corrected chi connectivity index (χ1v) is 11.7. The largest absolute Gasteiger partial charge is 0.294 e. The molecule has 4 N–H and O–H groups in total. The molecule has 0 aliphatic heterocycles. The van der Waals surface area contributed by atoms with Gasteiger partial charge in [0.05, 0.1) is 29.6 Å². The third-order valence-electron chi connectivity index (χ3n) is 3.75. The van der Waals surface area contributed by atoms with E-state index in [1.807, 2.05) is 0 Å². The van der Waals surface area contributed by atoms with Crippen molar-refractivity contribution in [3.63, 3.8) is 0 Å². The Balaban J connectivity index is 1.96. The highest BCUT2D eigenvalue weighted by atomic mass is 79.9. The van der Waals surface area contributed by atoms with Gasteiger partial charge in [-0.25, -0.2) is 0 Å². The first kappa shape index (κ1) is 15.5. The molecule has 5 rings (SSSR count). The molecule has 0 amide bonds. The quantitative estimate of drug-likeness (QED) is 0.186. The molecule has 0 aliphatic carbocycles. The van der Waals surface area contributed by atoms with Crippen LogP contribution >= 0.6 is 78.0 Å². The summed E-state index contributed by atoms with van der Waals surface area (Å²) in [5, 5.41) is 0. The maximum absolute atomic E-state index is 3.58. The Morgan fingerprint density at radius 2 is 0.958 bits per heavy atom. The maximum atomic E-state index is 3.58. The minimum Gasteiger partial charge on any atom is -0.294 e. The average Bonchev–Trinajstić information content (AvgIpc) is 3.31. The van der Waals surface area contributed by atoms with Crippen LogP contribution in [0.1, 0.15) is 0 Å². The Hall–Kier alpha value is -0.780. The molecule has 24 heavy (non-hydrogen) atoms. The average molecular weight is 520 g/mol. The summed E-state index contributed by atoms with van der Waals surface area (Å²) in [5.41, 5.74) is 6.91. The zero-order chi connectivity index (χ0) is 16.3. The number of benzene rings is 1. The Labute approximate surface area is 169 Å². The van der Waals surface area contributed by atoms with Gasteiger partial charge in [0.2, 0.25) is 0 Å². The molecule has 5 aromatic rings. The summed E-state index contributed by atoms with van der Waals surface area (Å²) in [6, 6.07) is 8.49. The molecule has 0 atom stereocenters. The van der Waals surface area contributed by atoms with Gasteiger partial charge in [0, 0.05) is 44.3 Å². The molecule has 0 unspecified atom stereocenters. The van der Waals surface area contributed by atoms with E-state index in [1.54, 1.807) is 22.7 Å². The summed E-state index contributed by atoms with van der Waals surface area (Å²) >= 11 is 13.6. The molecule has 0 spiro atoms. The van der Waals surface area contributed by atoms with E-state index in [4.69, 9.17) is 0 Å². The molecule has 0 saturated heterocycles. The first-order valence-electron chi connectivity index (χ1n) is 6.83. The third kappa shape index (κ3) is 2.31. The second-order valence-corrected chi connectivity index (χ2v) is 11.2. The number of hydrogen-bond acceptors (Lipinski definition) is 4. The fourth-order valence-corrected chi connectivity index (χ4v) is 7.02. The second kappa shape index (κ2) is 5.89. The van der Waals surface area contributed by atoms with Crippen LogP contribution in [0.5, 0.6) is 0 Å². The first-order chi connectivity index (χ1) is 11.7. The molecule has 4 aromatic heterocycles. The molecule has 1 aromatic carbocycles. The second-order valence-electron chi connectivity index (χ2n) is 5.07. The molecule has 0 aliphatic rings. The van der Waals surface area contributed by atoms with E-state index in [2.05, 4.69) is 73.6 Å². The SMILES string of the molecule is Brc1ccc(-c2c3[nH]s[nH]c3c(-c3ccc(Br)s3)c3[nH]s[nH]c23)s1. The maximum Gasteiger partial charge on any atom is 0.0850 e. The molecule has 4 nitrogen and oxygen atoms in total. The minimum atomic E-state index is 1.13. The molecule has 0 bridgehead atoms. The number of thiophene rings is 2. The Kier molecular flexibility index (Phi) is 3.80. The van der Waals surface area contributed by atoms with Crippen molar-refractivity contribution in [2.45, 2.75) is 0 Å². The van der Waals surface area contributed by atoms with E-state index < -0.39 is 0 Å². The summed E-state index contributed by atoms with van der Waals surface area (Å²) < 4.78 is 16.0. The Bertz CT molecular complexity index is 1060. The van der Waals surface area contributed by atoms with E-state index >= 15 is 0 Å². The van der Waals surface area contributed by atoms with Crippen LogP contribution in [0.4, 0.5) is 0 Å². The summed E-state index contributed by atoms with van der Waals surface area (Å²) in [7, 11) is 0. The molecule has 10 heteroatoms. The van der Waals surface area contributed by atoms with Crippen molar-refractivity contribution >= 4 is 100 Å². The number of aromatic nitrogens is 4. The van der Waals surface area contributed by atoms with Crippen LogP contribution in [0.25, 0.3) is 42.9 Å². The molecular formula is C14H8Br2N4S4. The lowest BCUT2D eigenvalue weighted by Crippen LogP contribution is -1.87. The van der Waals surface area contributed by atoms with Crippen LogP contribution in [0.2, 0.25) is 0 Å². The third-order valence-corrected chi connectivity index (χ3v) is 8.26. The number of hydrogen-bond donors (Lipinski definition) is 4. The summed E-state index contributed by atoms with van der Waals surface area (Å²) in [5.74, 6) is 0. The van der Waals surface area contributed by atoms with Crippen molar-refractivity contribution in [2.24, 2.45) is 0 Å². The van der Waals surface area contributed by atoms with Crippen molar-refractivity contribution in [1.82, 2.24) is 17.5 Å². The zero-order valence-electron chi connectivity index (χ0n) is 11.7. The van der Waals surface area contributed by atoms with Crippen LogP contribution in [-0.2, 0) is 0 Å². The van der Waals surface area contributed by atoms with E-state index in [-0.39, 0.29) is 0 Å². The van der Waals surface area contributed by atoms with Crippen LogP contribution in [0, 0.1) is 0 Å². The summed E-state index contributed by atoms with van der Waals surface area (Å²) in [6.45, 7) is 0. The lowest BCUT2D eigenvalue weighted by Gasteiger charge is -2.07. The van der Waals surface area contributed by atoms with Gasteiger partial charge in [0.25, 0.3) is 0 Å². The topological polar surface area (TPSA) is 63.2 Å². The highest BCUT2D eigenvalue weighted by molar-refractivity contribution is 9.11. The molecular weight excluding hydrogens is 512 g/mol. The fourth-order valence-electron chi connectivity index (χ4n) is 2.80. The Morgan fingerprint density at radius 3 is 1.25 bits per heavy atom. The summed E-state index contributed by atoms with van der Waals surface area (Å²) in [4.78, 5) is 2.45. The molecule has 122 valence electrons. The van der Waals surface area contributed by atoms with Gasteiger partial charge < -0.3 is 0 Å². The smallest absolute Gasteiger partial charge is 0.0850 e. The van der Waals surface area contributed by atoms with Gasteiger partial charge in [-0.1, -0.05) is 0 Å². The van der Waals surface area contributed by atoms with Crippen LogP contribution in [0.3, 0.4) is 0 Å².